The SMILES string of the molecule is Cc1cccc(CN2CCC(CNC(=O)Nc3cccc4c3CCCC4)CC2)c1. The summed E-state index contributed by atoms with van der Waals surface area (Å²) in [4.78, 5) is 15.0. The third kappa shape index (κ3) is 5.39. The molecular formula is C25H33N3O. The largest absolute Gasteiger partial charge is 0.338 e. The van der Waals surface area contributed by atoms with Gasteiger partial charge in [-0.2, -0.15) is 0 Å². The molecule has 0 unspecified atom stereocenters. The predicted octanol–water partition coefficient (Wildman–Crippen LogP) is 4.91. The topological polar surface area (TPSA) is 44.4 Å². The van der Waals surface area contributed by atoms with Crippen LogP contribution in [0.4, 0.5) is 10.5 Å². The van der Waals surface area contributed by atoms with Gasteiger partial charge < -0.3 is 10.6 Å². The van der Waals surface area contributed by atoms with Crippen LogP contribution in [-0.2, 0) is 19.4 Å². The fourth-order valence-electron chi connectivity index (χ4n) is 4.72. The standard InChI is InChI=1S/C25H33N3O/c1-19-6-4-7-21(16-19)18-28-14-12-20(13-15-28)17-26-25(29)27-24-11-5-9-22-8-2-3-10-23(22)24/h4-7,9,11,16,20H,2-3,8,10,12-15,17-18H2,1H3,(H2,26,27,29). The van der Waals surface area contributed by atoms with Crippen LogP contribution in [0.15, 0.2) is 42.5 Å². The molecule has 1 saturated heterocycles. The van der Waals surface area contributed by atoms with E-state index < -0.39 is 0 Å². The fourth-order valence-corrected chi connectivity index (χ4v) is 4.72. The molecule has 0 atom stereocenters. The summed E-state index contributed by atoms with van der Waals surface area (Å²) < 4.78 is 0. The van der Waals surface area contributed by atoms with Crippen LogP contribution in [0.25, 0.3) is 0 Å². The minimum atomic E-state index is -0.0637. The zero-order valence-corrected chi connectivity index (χ0v) is 17.5. The highest BCUT2D eigenvalue weighted by Crippen LogP contribution is 2.27. The van der Waals surface area contributed by atoms with Crippen LogP contribution < -0.4 is 10.6 Å². The molecule has 2 amide bonds. The molecule has 4 rings (SSSR count). The Bertz CT molecular complexity index is 840. The van der Waals surface area contributed by atoms with Gasteiger partial charge in [0.25, 0.3) is 0 Å². The normalized spacial score (nSPS) is 17.6. The lowest BCUT2D eigenvalue weighted by atomic mass is 9.90. The maximum Gasteiger partial charge on any atom is 0.319 e. The molecule has 0 aromatic heterocycles. The number of carbonyl (C=O) groups excluding carboxylic acids is 1. The third-order valence-electron chi connectivity index (χ3n) is 6.39. The van der Waals surface area contributed by atoms with E-state index in [-0.39, 0.29) is 6.03 Å². The number of carbonyl (C=O) groups is 1. The van der Waals surface area contributed by atoms with Gasteiger partial charge in [-0.1, -0.05) is 42.0 Å². The minimum Gasteiger partial charge on any atom is -0.338 e. The van der Waals surface area contributed by atoms with Crippen molar-refractivity contribution in [2.24, 2.45) is 5.92 Å². The van der Waals surface area contributed by atoms with Gasteiger partial charge in [0.1, 0.15) is 0 Å². The Kier molecular flexibility index (Phi) is 6.50. The Morgan fingerprint density at radius 1 is 1.07 bits per heavy atom. The zero-order valence-electron chi connectivity index (χ0n) is 17.5. The number of nitrogens with zero attached hydrogens (tertiary/aromatic N) is 1. The van der Waals surface area contributed by atoms with Crippen molar-refractivity contribution < 1.29 is 4.79 Å². The van der Waals surface area contributed by atoms with E-state index in [0.29, 0.717) is 5.92 Å². The summed E-state index contributed by atoms with van der Waals surface area (Å²) >= 11 is 0. The fraction of sp³-hybridized carbons (Fsp3) is 0.480. The van der Waals surface area contributed by atoms with Crippen LogP contribution in [0.2, 0.25) is 0 Å². The summed E-state index contributed by atoms with van der Waals surface area (Å²) in [5.74, 6) is 0.569. The van der Waals surface area contributed by atoms with Gasteiger partial charge in [-0.3, -0.25) is 4.90 Å². The van der Waals surface area contributed by atoms with E-state index >= 15 is 0 Å². The number of rotatable bonds is 5. The second-order valence-electron chi connectivity index (χ2n) is 8.69. The van der Waals surface area contributed by atoms with Crippen molar-refractivity contribution in [3.8, 4) is 0 Å². The van der Waals surface area contributed by atoms with Gasteiger partial charge in [-0.05, 0) is 87.2 Å². The van der Waals surface area contributed by atoms with Gasteiger partial charge >= 0.3 is 6.03 Å². The molecule has 154 valence electrons. The number of fused-ring (bicyclic) bond motifs is 1. The highest BCUT2D eigenvalue weighted by Gasteiger charge is 2.20. The molecule has 1 aliphatic heterocycles. The van der Waals surface area contributed by atoms with Crippen LogP contribution >= 0.6 is 0 Å². The minimum absolute atomic E-state index is 0.0637. The van der Waals surface area contributed by atoms with Crippen LogP contribution in [-0.4, -0.2) is 30.6 Å². The summed E-state index contributed by atoms with van der Waals surface area (Å²) in [6, 6.07) is 15.0. The lowest BCUT2D eigenvalue weighted by Gasteiger charge is -2.32. The Morgan fingerprint density at radius 2 is 1.86 bits per heavy atom. The number of nitrogens with one attached hydrogen (secondary N) is 2. The molecule has 2 aromatic rings. The Balaban J connectivity index is 1.21. The molecule has 29 heavy (non-hydrogen) atoms. The first-order valence-electron chi connectivity index (χ1n) is 11.1. The van der Waals surface area contributed by atoms with E-state index in [2.05, 4.69) is 58.9 Å². The highest BCUT2D eigenvalue weighted by molar-refractivity contribution is 5.90. The molecule has 2 aliphatic rings. The second-order valence-corrected chi connectivity index (χ2v) is 8.69. The van der Waals surface area contributed by atoms with Gasteiger partial charge in [0.05, 0.1) is 0 Å². The third-order valence-corrected chi connectivity index (χ3v) is 6.39. The summed E-state index contributed by atoms with van der Waals surface area (Å²) in [6.07, 6.45) is 6.97. The van der Waals surface area contributed by atoms with E-state index in [1.165, 1.54) is 35.1 Å². The molecule has 0 radical (unpaired) electrons. The van der Waals surface area contributed by atoms with Crippen LogP contribution in [0.3, 0.4) is 0 Å². The average Bonchev–Trinajstić information content (AvgIpc) is 2.74. The van der Waals surface area contributed by atoms with Gasteiger partial charge in [0.15, 0.2) is 0 Å². The first kappa shape index (κ1) is 20.0. The predicted molar refractivity (Wildman–Crippen MR) is 119 cm³/mol. The number of benzene rings is 2. The number of piperidine rings is 1. The molecule has 0 saturated carbocycles. The number of hydrogen-bond donors (Lipinski definition) is 2. The number of aryl methyl sites for hydroxylation is 2. The highest BCUT2D eigenvalue weighted by atomic mass is 16.2. The van der Waals surface area contributed by atoms with Crippen molar-refractivity contribution in [3.63, 3.8) is 0 Å². The molecule has 1 fully saturated rings. The van der Waals surface area contributed by atoms with Gasteiger partial charge in [-0.15, -0.1) is 0 Å². The molecule has 0 spiro atoms. The summed E-state index contributed by atoms with van der Waals surface area (Å²) in [5.41, 5.74) is 6.44. The molecule has 0 bridgehead atoms. The second kappa shape index (κ2) is 9.45. The number of hydrogen-bond acceptors (Lipinski definition) is 2. The molecule has 4 heteroatoms. The monoisotopic (exact) mass is 391 g/mol. The lowest BCUT2D eigenvalue weighted by molar-refractivity contribution is 0.175. The Labute approximate surface area is 174 Å². The molecule has 1 aliphatic carbocycles. The summed E-state index contributed by atoms with van der Waals surface area (Å²) in [6.45, 7) is 6.15. The number of urea groups is 1. The van der Waals surface area contributed by atoms with Crippen molar-refractivity contribution in [3.05, 3.63) is 64.7 Å². The summed E-state index contributed by atoms with van der Waals surface area (Å²) in [5, 5.41) is 6.21. The van der Waals surface area contributed by atoms with Gasteiger partial charge in [0.2, 0.25) is 0 Å². The van der Waals surface area contributed by atoms with E-state index in [9.17, 15) is 4.79 Å². The van der Waals surface area contributed by atoms with Crippen LogP contribution in [0.5, 0.6) is 0 Å². The van der Waals surface area contributed by atoms with Crippen molar-refractivity contribution in [2.45, 2.75) is 52.0 Å². The first-order chi connectivity index (χ1) is 14.2. The summed E-state index contributed by atoms with van der Waals surface area (Å²) in [7, 11) is 0. The van der Waals surface area contributed by atoms with Crippen molar-refractivity contribution in [1.29, 1.82) is 0 Å². The first-order valence-corrected chi connectivity index (χ1v) is 11.1. The van der Waals surface area contributed by atoms with Gasteiger partial charge in [0, 0.05) is 18.8 Å². The maximum absolute atomic E-state index is 12.4. The Hall–Kier alpha value is -2.33. The van der Waals surface area contributed by atoms with Crippen molar-refractivity contribution in [1.82, 2.24) is 10.2 Å². The van der Waals surface area contributed by atoms with E-state index in [4.69, 9.17) is 0 Å². The van der Waals surface area contributed by atoms with Crippen molar-refractivity contribution >= 4 is 11.7 Å². The molecule has 4 nitrogen and oxygen atoms in total. The molecule has 2 aromatic carbocycles. The number of amides is 2. The van der Waals surface area contributed by atoms with E-state index in [1.807, 2.05) is 6.07 Å². The van der Waals surface area contributed by atoms with Crippen LogP contribution in [0.1, 0.15) is 47.9 Å². The van der Waals surface area contributed by atoms with Crippen LogP contribution in [0, 0.1) is 12.8 Å². The smallest absolute Gasteiger partial charge is 0.319 e. The average molecular weight is 392 g/mol. The molecule has 2 N–H and O–H groups in total. The lowest BCUT2D eigenvalue weighted by Crippen LogP contribution is -2.39. The number of anilines is 1. The Morgan fingerprint density at radius 3 is 2.69 bits per heavy atom. The zero-order chi connectivity index (χ0) is 20.1. The number of likely N-dealkylation sites (tertiary alicyclic amines) is 1. The van der Waals surface area contributed by atoms with E-state index in [0.717, 1.165) is 57.5 Å². The molecular weight excluding hydrogens is 358 g/mol. The molecule has 1 heterocycles. The van der Waals surface area contributed by atoms with Gasteiger partial charge in [-0.25, -0.2) is 4.79 Å². The van der Waals surface area contributed by atoms with E-state index in [1.54, 1.807) is 0 Å². The van der Waals surface area contributed by atoms with Crippen molar-refractivity contribution in [2.75, 3.05) is 25.0 Å². The quantitative estimate of drug-likeness (QED) is 0.761. The maximum atomic E-state index is 12.4.